The van der Waals surface area contributed by atoms with Crippen LogP contribution in [0.1, 0.15) is 37.4 Å². The second kappa shape index (κ2) is 7.02. The lowest BCUT2D eigenvalue weighted by Gasteiger charge is -2.17. The number of aromatic nitrogens is 2. The first kappa shape index (κ1) is 15.2. The van der Waals surface area contributed by atoms with Crippen LogP contribution in [-0.2, 0) is 11.3 Å². The molecule has 0 radical (unpaired) electrons. The molecule has 0 amide bonds. The average molecular weight is 339 g/mol. The summed E-state index contributed by atoms with van der Waals surface area (Å²) in [5.74, 6) is 0.836. The van der Waals surface area contributed by atoms with E-state index in [0.717, 1.165) is 15.9 Å². The lowest BCUT2D eigenvalue weighted by molar-refractivity contribution is 0.0644. The van der Waals surface area contributed by atoms with Crippen LogP contribution < -0.4 is 0 Å². The Bertz CT molecular complexity index is 539. The van der Waals surface area contributed by atoms with Crippen LogP contribution in [-0.4, -0.2) is 21.3 Å². The quantitative estimate of drug-likeness (QED) is 0.877. The first-order valence-corrected chi connectivity index (χ1v) is 7.47. The lowest BCUT2D eigenvalue weighted by Crippen LogP contribution is -2.14. The van der Waals surface area contributed by atoms with Gasteiger partial charge < -0.3 is 14.4 Å². The molecule has 1 heterocycles. The van der Waals surface area contributed by atoms with Crippen molar-refractivity contribution >= 4 is 15.9 Å². The maximum Gasteiger partial charge on any atom is 0.137 e. The zero-order valence-corrected chi connectivity index (χ0v) is 13.2. The van der Waals surface area contributed by atoms with Gasteiger partial charge in [-0.3, -0.25) is 0 Å². The molecule has 0 fully saturated rings. The minimum Gasteiger partial charge on any atom is -0.387 e. The Morgan fingerprint density at radius 2 is 2.05 bits per heavy atom. The highest BCUT2D eigenvalue weighted by atomic mass is 79.9. The Morgan fingerprint density at radius 1 is 1.35 bits per heavy atom. The zero-order valence-electron chi connectivity index (χ0n) is 11.7. The van der Waals surface area contributed by atoms with Crippen molar-refractivity contribution in [2.45, 2.75) is 32.6 Å². The second-order valence-electron chi connectivity index (χ2n) is 4.60. The lowest BCUT2D eigenvalue weighted by atomic mass is 10.1. The summed E-state index contributed by atoms with van der Waals surface area (Å²) in [4.78, 5) is 4.31. The van der Waals surface area contributed by atoms with Gasteiger partial charge in [0, 0.05) is 23.5 Å². The van der Waals surface area contributed by atoms with Crippen molar-refractivity contribution in [2.24, 2.45) is 0 Å². The normalized spacial score (nSPS) is 14.2. The number of benzene rings is 1. The monoisotopic (exact) mass is 338 g/mol. The number of rotatable bonds is 6. The number of imidazole rings is 1. The molecule has 0 saturated carbocycles. The summed E-state index contributed by atoms with van der Waals surface area (Å²) >= 11 is 3.39. The van der Waals surface area contributed by atoms with Gasteiger partial charge in [0.2, 0.25) is 0 Å². The van der Waals surface area contributed by atoms with Crippen LogP contribution in [0.15, 0.2) is 41.1 Å². The summed E-state index contributed by atoms with van der Waals surface area (Å²) in [5, 5.41) is 10.3. The third kappa shape index (κ3) is 3.69. The van der Waals surface area contributed by atoms with Gasteiger partial charge in [-0.2, -0.15) is 0 Å². The smallest absolute Gasteiger partial charge is 0.137 e. The van der Waals surface area contributed by atoms with Gasteiger partial charge in [0.15, 0.2) is 0 Å². The molecule has 0 bridgehead atoms. The average Bonchev–Trinajstić information content (AvgIpc) is 2.88. The number of ether oxygens (including phenoxy) is 1. The van der Waals surface area contributed by atoms with Gasteiger partial charge in [-0.05, 0) is 31.5 Å². The van der Waals surface area contributed by atoms with E-state index >= 15 is 0 Å². The van der Waals surface area contributed by atoms with Gasteiger partial charge in [0.25, 0.3) is 0 Å². The van der Waals surface area contributed by atoms with Gasteiger partial charge in [-0.25, -0.2) is 4.98 Å². The molecule has 2 aromatic rings. The number of aliphatic hydroxyl groups excluding tert-OH is 1. The predicted molar refractivity (Wildman–Crippen MR) is 81.4 cm³/mol. The van der Waals surface area contributed by atoms with Crippen molar-refractivity contribution in [2.75, 3.05) is 6.61 Å². The van der Waals surface area contributed by atoms with E-state index in [4.69, 9.17) is 4.74 Å². The molecule has 0 aliphatic rings. The molecule has 2 unspecified atom stereocenters. The molecule has 2 atom stereocenters. The molecule has 0 spiro atoms. The Kier molecular flexibility index (Phi) is 5.34. The van der Waals surface area contributed by atoms with Crippen molar-refractivity contribution in [1.82, 2.24) is 9.55 Å². The molecule has 1 aromatic heterocycles. The predicted octanol–water partition coefficient (Wildman–Crippen LogP) is 3.48. The van der Waals surface area contributed by atoms with Gasteiger partial charge in [0.05, 0.1) is 12.6 Å². The van der Waals surface area contributed by atoms with Crippen LogP contribution >= 0.6 is 15.9 Å². The fourth-order valence-electron chi connectivity index (χ4n) is 2.13. The highest BCUT2D eigenvalue weighted by molar-refractivity contribution is 9.10. The van der Waals surface area contributed by atoms with E-state index in [1.807, 2.05) is 48.9 Å². The van der Waals surface area contributed by atoms with Gasteiger partial charge in [-0.1, -0.05) is 28.1 Å². The van der Waals surface area contributed by atoms with E-state index in [-0.39, 0.29) is 6.10 Å². The Hall–Kier alpha value is -1.17. The largest absolute Gasteiger partial charge is 0.387 e. The van der Waals surface area contributed by atoms with E-state index in [0.29, 0.717) is 13.2 Å². The van der Waals surface area contributed by atoms with E-state index in [1.54, 1.807) is 6.20 Å². The third-order valence-corrected chi connectivity index (χ3v) is 3.68. The highest BCUT2D eigenvalue weighted by Crippen LogP contribution is 2.21. The molecule has 4 nitrogen and oxygen atoms in total. The van der Waals surface area contributed by atoms with E-state index in [2.05, 4.69) is 20.9 Å². The third-order valence-electron chi connectivity index (χ3n) is 3.15. The van der Waals surface area contributed by atoms with Crippen molar-refractivity contribution in [1.29, 1.82) is 0 Å². The van der Waals surface area contributed by atoms with Crippen LogP contribution in [0, 0.1) is 0 Å². The molecule has 5 heteroatoms. The van der Waals surface area contributed by atoms with Crippen molar-refractivity contribution in [3.63, 3.8) is 0 Å². The maximum absolute atomic E-state index is 10.3. The number of nitrogens with zero attached hydrogens (tertiary/aromatic N) is 2. The molecule has 0 saturated heterocycles. The molecule has 20 heavy (non-hydrogen) atoms. The molecule has 1 N–H and O–H groups in total. The summed E-state index contributed by atoms with van der Waals surface area (Å²) in [6, 6.07) is 7.68. The van der Waals surface area contributed by atoms with Crippen molar-refractivity contribution in [3.05, 3.63) is 52.5 Å². The van der Waals surface area contributed by atoms with Gasteiger partial charge >= 0.3 is 0 Å². The topological polar surface area (TPSA) is 47.3 Å². The number of hydrogen-bond acceptors (Lipinski definition) is 3. The molecule has 1 aromatic carbocycles. The van der Waals surface area contributed by atoms with Crippen LogP contribution in [0.4, 0.5) is 0 Å². The fraction of sp³-hybridized carbons (Fsp3) is 0.400. The Labute approximate surface area is 127 Å². The van der Waals surface area contributed by atoms with Gasteiger partial charge in [-0.15, -0.1) is 0 Å². The summed E-state index contributed by atoms with van der Waals surface area (Å²) < 4.78 is 8.50. The molecule has 0 aliphatic carbocycles. The summed E-state index contributed by atoms with van der Waals surface area (Å²) in [7, 11) is 0. The Balaban J connectivity index is 2.10. The summed E-state index contributed by atoms with van der Waals surface area (Å²) in [6.45, 7) is 5.03. The van der Waals surface area contributed by atoms with Crippen LogP contribution in [0.25, 0.3) is 0 Å². The zero-order chi connectivity index (χ0) is 14.5. The van der Waals surface area contributed by atoms with Crippen LogP contribution in [0.5, 0.6) is 0 Å². The maximum atomic E-state index is 10.3. The van der Waals surface area contributed by atoms with E-state index in [9.17, 15) is 5.11 Å². The SMILES string of the molecule is CCOC(C)c1nccn1CC(O)c1ccc(Br)cc1. The second-order valence-corrected chi connectivity index (χ2v) is 5.52. The van der Waals surface area contributed by atoms with Crippen molar-refractivity contribution in [3.8, 4) is 0 Å². The van der Waals surface area contributed by atoms with Gasteiger partial charge in [0.1, 0.15) is 11.9 Å². The molecular formula is C15H19BrN2O2. The first-order valence-electron chi connectivity index (χ1n) is 6.68. The molecule has 0 aliphatic heterocycles. The number of hydrogen-bond donors (Lipinski definition) is 1. The Morgan fingerprint density at radius 3 is 2.70 bits per heavy atom. The molecule has 108 valence electrons. The summed E-state index contributed by atoms with van der Waals surface area (Å²) in [5.41, 5.74) is 0.886. The molecule has 2 rings (SSSR count). The van der Waals surface area contributed by atoms with E-state index < -0.39 is 6.10 Å². The standard InChI is InChI=1S/C15H19BrN2O2/c1-3-20-11(2)15-17-8-9-18(15)10-14(19)12-4-6-13(16)7-5-12/h4-9,11,14,19H,3,10H2,1-2H3. The van der Waals surface area contributed by atoms with Crippen LogP contribution in [0.3, 0.4) is 0 Å². The minimum absolute atomic E-state index is 0.0767. The van der Waals surface area contributed by atoms with Crippen molar-refractivity contribution < 1.29 is 9.84 Å². The molecular weight excluding hydrogens is 320 g/mol. The van der Waals surface area contributed by atoms with E-state index in [1.165, 1.54) is 0 Å². The van der Waals surface area contributed by atoms with Crippen LogP contribution in [0.2, 0.25) is 0 Å². The first-order chi connectivity index (χ1) is 9.61. The highest BCUT2D eigenvalue weighted by Gasteiger charge is 2.15. The number of halogens is 1. The number of aliphatic hydroxyl groups is 1. The fourth-order valence-corrected chi connectivity index (χ4v) is 2.40. The minimum atomic E-state index is -0.565. The summed E-state index contributed by atoms with van der Waals surface area (Å²) in [6.07, 6.45) is 2.96.